The Morgan fingerprint density at radius 3 is 2.72 bits per heavy atom. The number of thioether (sulfide) groups is 1. The molecule has 2 aromatic heterocycles. The maximum atomic E-state index is 13.1. The molecule has 12 heteroatoms. The molecule has 1 aromatic carbocycles. The standard InChI is InChI=1S/C27H27Cl2N7O2S/c1-19-16-34(12-13-36(19)26(38)21-7-2-3-8-22(21)28)24-14-23(29)32-27(33-24)39-18-25(37)35(11-5-9-30)17-20-6-4-10-31-15-20/h2-4,6-8,10,14-15,19H,5,11-13,16-18H2,1H3. The number of piperazine rings is 1. The van der Waals surface area contributed by atoms with Crippen molar-refractivity contribution in [3.05, 3.63) is 76.2 Å². The summed E-state index contributed by atoms with van der Waals surface area (Å²) in [4.78, 5) is 44.6. The van der Waals surface area contributed by atoms with Crippen molar-refractivity contribution >= 4 is 52.6 Å². The molecule has 39 heavy (non-hydrogen) atoms. The predicted octanol–water partition coefficient (Wildman–Crippen LogP) is 4.56. The van der Waals surface area contributed by atoms with Crippen LogP contribution in [0.2, 0.25) is 10.2 Å². The van der Waals surface area contributed by atoms with Crippen LogP contribution in [0.25, 0.3) is 0 Å². The first-order valence-corrected chi connectivity index (χ1v) is 14.1. The number of hydrogen-bond acceptors (Lipinski definition) is 8. The second-order valence-electron chi connectivity index (χ2n) is 8.98. The van der Waals surface area contributed by atoms with E-state index < -0.39 is 0 Å². The first-order valence-electron chi connectivity index (χ1n) is 12.4. The fourth-order valence-corrected chi connectivity index (χ4v) is 5.48. The van der Waals surface area contributed by atoms with Gasteiger partial charge in [-0.2, -0.15) is 5.26 Å². The third kappa shape index (κ3) is 7.60. The first-order chi connectivity index (χ1) is 18.9. The molecule has 3 aromatic rings. The molecule has 4 rings (SSSR count). The molecule has 202 valence electrons. The summed E-state index contributed by atoms with van der Waals surface area (Å²) in [6.07, 6.45) is 3.61. The minimum atomic E-state index is -0.135. The van der Waals surface area contributed by atoms with E-state index in [4.69, 9.17) is 28.5 Å². The van der Waals surface area contributed by atoms with Crippen LogP contribution in [0.4, 0.5) is 5.82 Å². The highest BCUT2D eigenvalue weighted by molar-refractivity contribution is 7.99. The van der Waals surface area contributed by atoms with Crippen molar-refractivity contribution in [1.82, 2.24) is 24.8 Å². The number of halogens is 2. The number of carbonyl (C=O) groups excluding carboxylic acids is 2. The van der Waals surface area contributed by atoms with Crippen molar-refractivity contribution in [2.75, 3.05) is 36.8 Å². The number of aromatic nitrogens is 3. The Labute approximate surface area is 241 Å². The molecular formula is C27H27Cl2N7O2S. The van der Waals surface area contributed by atoms with E-state index in [9.17, 15) is 9.59 Å². The van der Waals surface area contributed by atoms with Crippen LogP contribution in [0, 0.1) is 11.3 Å². The Morgan fingerprint density at radius 1 is 1.18 bits per heavy atom. The van der Waals surface area contributed by atoms with E-state index >= 15 is 0 Å². The summed E-state index contributed by atoms with van der Waals surface area (Å²) >= 11 is 13.8. The molecule has 0 saturated carbocycles. The largest absolute Gasteiger partial charge is 0.353 e. The number of nitriles is 1. The summed E-state index contributed by atoms with van der Waals surface area (Å²) in [6, 6.07) is 14.4. The Hall–Kier alpha value is -3.39. The average Bonchev–Trinajstić information content (AvgIpc) is 2.94. The van der Waals surface area contributed by atoms with Gasteiger partial charge in [-0.25, -0.2) is 9.97 Å². The second-order valence-corrected chi connectivity index (χ2v) is 10.7. The topological polar surface area (TPSA) is 106 Å². The van der Waals surface area contributed by atoms with E-state index in [0.717, 1.165) is 5.56 Å². The number of nitrogens with zero attached hydrogens (tertiary/aromatic N) is 7. The van der Waals surface area contributed by atoms with Crippen LogP contribution in [0.1, 0.15) is 29.3 Å². The minimum Gasteiger partial charge on any atom is -0.353 e. The molecule has 1 aliphatic rings. The number of carbonyl (C=O) groups is 2. The van der Waals surface area contributed by atoms with E-state index in [1.54, 1.807) is 47.6 Å². The van der Waals surface area contributed by atoms with Crippen molar-refractivity contribution in [3.63, 3.8) is 0 Å². The van der Waals surface area contributed by atoms with Crippen molar-refractivity contribution < 1.29 is 9.59 Å². The summed E-state index contributed by atoms with van der Waals surface area (Å²) in [7, 11) is 0. The number of benzene rings is 1. The molecule has 2 amide bonds. The van der Waals surface area contributed by atoms with Gasteiger partial charge in [-0.15, -0.1) is 0 Å². The van der Waals surface area contributed by atoms with Gasteiger partial charge in [0.1, 0.15) is 11.0 Å². The van der Waals surface area contributed by atoms with Crippen LogP contribution in [0.5, 0.6) is 0 Å². The average molecular weight is 585 g/mol. The van der Waals surface area contributed by atoms with Crippen LogP contribution in [-0.4, -0.2) is 74.5 Å². The fourth-order valence-electron chi connectivity index (χ4n) is 4.28. The molecule has 1 atom stereocenters. The molecule has 3 heterocycles. The summed E-state index contributed by atoms with van der Waals surface area (Å²) in [5.74, 6) is 0.500. The maximum absolute atomic E-state index is 13.1. The second kappa shape index (κ2) is 13.6. The number of rotatable bonds is 9. The van der Waals surface area contributed by atoms with Gasteiger partial charge in [0.05, 0.1) is 28.8 Å². The molecular weight excluding hydrogens is 557 g/mol. The normalized spacial score (nSPS) is 15.1. The van der Waals surface area contributed by atoms with Gasteiger partial charge in [-0.3, -0.25) is 14.6 Å². The lowest BCUT2D eigenvalue weighted by molar-refractivity contribution is -0.128. The van der Waals surface area contributed by atoms with Crippen molar-refractivity contribution in [2.45, 2.75) is 31.1 Å². The van der Waals surface area contributed by atoms with E-state index in [1.165, 1.54) is 11.8 Å². The SMILES string of the molecule is CC1CN(c2cc(Cl)nc(SCC(=O)N(CCC#N)Cc3cccnc3)n2)CCN1C(=O)c1ccccc1Cl. The van der Waals surface area contributed by atoms with Gasteiger partial charge in [0.15, 0.2) is 5.16 Å². The molecule has 0 N–H and O–H groups in total. The summed E-state index contributed by atoms with van der Waals surface area (Å²) in [5.41, 5.74) is 1.37. The van der Waals surface area contributed by atoms with E-state index in [0.29, 0.717) is 54.3 Å². The number of amides is 2. The van der Waals surface area contributed by atoms with Crippen LogP contribution in [0.3, 0.4) is 0 Å². The highest BCUT2D eigenvalue weighted by atomic mass is 35.5. The van der Waals surface area contributed by atoms with Crippen molar-refractivity contribution in [3.8, 4) is 6.07 Å². The highest BCUT2D eigenvalue weighted by Gasteiger charge is 2.30. The van der Waals surface area contributed by atoms with Crippen molar-refractivity contribution in [2.24, 2.45) is 0 Å². The summed E-state index contributed by atoms with van der Waals surface area (Å²) < 4.78 is 0. The van der Waals surface area contributed by atoms with Gasteiger partial charge >= 0.3 is 0 Å². The molecule has 1 aliphatic heterocycles. The lowest BCUT2D eigenvalue weighted by Crippen LogP contribution is -2.54. The Balaban J connectivity index is 1.40. The molecule has 1 saturated heterocycles. The maximum Gasteiger partial charge on any atom is 0.255 e. The Bertz CT molecular complexity index is 1360. The van der Waals surface area contributed by atoms with E-state index in [1.807, 2.05) is 24.0 Å². The third-order valence-electron chi connectivity index (χ3n) is 6.24. The molecule has 0 aliphatic carbocycles. The molecule has 0 spiro atoms. The predicted molar refractivity (Wildman–Crippen MR) is 152 cm³/mol. The third-order valence-corrected chi connectivity index (χ3v) is 7.60. The highest BCUT2D eigenvalue weighted by Crippen LogP contribution is 2.26. The van der Waals surface area contributed by atoms with E-state index in [-0.39, 0.29) is 35.2 Å². The van der Waals surface area contributed by atoms with Gasteiger partial charge < -0.3 is 14.7 Å². The lowest BCUT2D eigenvalue weighted by atomic mass is 10.1. The number of anilines is 1. The summed E-state index contributed by atoms with van der Waals surface area (Å²) in [6.45, 7) is 4.28. The van der Waals surface area contributed by atoms with Gasteiger partial charge in [0, 0.05) is 57.2 Å². The molecule has 0 radical (unpaired) electrons. The van der Waals surface area contributed by atoms with Gasteiger partial charge in [-0.1, -0.05) is 53.2 Å². The Kier molecular flexibility index (Phi) is 9.98. The summed E-state index contributed by atoms with van der Waals surface area (Å²) in [5, 5.41) is 10.1. The van der Waals surface area contributed by atoms with Crippen LogP contribution < -0.4 is 4.90 Å². The van der Waals surface area contributed by atoms with Crippen molar-refractivity contribution in [1.29, 1.82) is 5.26 Å². The fraction of sp³-hybridized carbons (Fsp3) is 0.333. The number of hydrogen-bond donors (Lipinski definition) is 0. The van der Waals surface area contributed by atoms with E-state index in [2.05, 4.69) is 25.9 Å². The minimum absolute atomic E-state index is 0.0879. The molecule has 0 bridgehead atoms. The van der Waals surface area contributed by atoms with Gasteiger partial charge in [0.2, 0.25) is 5.91 Å². The zero-order valence-electron chi connectivity index (χ0n) is 21.3. The smallest absolute Gasteiger partial charge is 0.255 e. The molecule has 1 fully saturated rings. The van der Waals surface area contributed by atoms with Gasteiger partial charge in [0.25, 0.3) is 5.91 Å². The lowest BCUT2D eigenvalue weighted by Gasteiger charge is -2.40. The Morgan fingerprint density at radius 2 is 2.00 bits per heavy atom. The van der Waals surface area contributed by atoms with Crippen LogP contribution in [0.15, 0.2) is 60.0 Å². The van der Waals surface area contributed by atoms with Crippen LogP contribution >= 0.6 is 35.0 Å². The first kappa shape index (κ1) is 28.6. The van der Waals surface area contributed by atoms with Gasteiger partial charge in [-0.05, 0) is 30.7 Å². The molecule has 9 nitrogen and oxygen atoms in total. The zero-order valence-corrected chi connectivity index (χ0v) is 23.7. The quantitative estimate of drug-likeness (QED) is 0.205. The van der Waals surface area contributed by atoms with Crippen LogP contribution in [-0.2, 0) is 11.3 Å². The number of pyridine rings is 1. The monoisotopic (exact) mass is 583 g/mol. The zero-order chi connectivity index (χ0) is 27.8. The molecule has 1 unspecified atom stereocenters.